The molecule has 0 spiro atoms. The third-order valence-corrected chi connectivity index (χ3v) is 7.31. The second-order valence-corrected chi connectivity index (χ2v) is 10.6. The molecule has 0 saturated carbocycles. The van der Waals surface area contributed by atoms with Gasteiger partial charge in [-0.15, -0.1) is 0 Å². The van der Waals surface area contributed by atoms with E-state index in [0.717, 1.165) is 53.6 Å². The van der Waals surface area contributed by atoms with Crippen molar-refractivity contribution in [3.8, 4) is 17.3 Å². The standard InChI is InChI=1S/C31H41N5O2/c1-8-26(36-16-14-34(6)15-17-36)20-24-9-10-25(19-22(24)2)29-12-11-28(35(29)7)23(3)27(21-32)30(38)33-31(4,5)13-18-37/h8-12,19-20,37H,2,13-18H2,1,3-7H3,(H,33,38)/b24-20-,26-8+,27-23+. The van der Waals surface area contributed by atoms with E-state index in [1.807, 2.05) is 37.6 Å². The number of carbonyl (C=O) groups excluding carboxylic acids is 1. The molecular formula is C31H41N5O2. The fourth-order valence-electron chi connectivity index (χ4n) is 4.81. The predicted octanol–water partition coefficient (Wildman–Crippen LogP) is 2.61. The summed E-state index contributed by atoms with van der Waals surface area (Å²) in [6.45, 7) is 15.9. The summed E-state index contributed by atoms with van der Waals surface area (Å²) in [7, 11) is 4.09. The largest absolute Gasteiger partial charge is 0.396 e. The number of allylic oxidation sites excluding steroid dienone is 3. The minimum Gasteiger partial charge on any atom is -0.396 e. The highest BCUT2D eigenvalue weighted by Crippen LogP contribution is 2.26. The summed E-state index contributed by atoms with van der Waals surface area (Å²) in [6, 6.07) is 12.3. The number of carbonyl (C=O) groups is 1. The lowest BCUT2D eigenvalue weighted by Crippen LogP contribution is -2.44. The number of benzene rings is 1. The highest BCUT2D eigenvalue weighted by Gasteiger charge is 2.24. The van der Waals surface area contributed by atoms with E-state index < -0.39 is 11.4 Å². The number of piperazine rings is 1. The molecule has 0 radical (unpaired) electrons. The Labute approximate surface area is 226 Å². The van der Waals surface area contributed by atoms with Gasteiger partial charge in [0, 0.05) is 62.5 Å². The average Bonchev–Trinajstić information content (AvgIpc) is 3.25. The number of aliphatic hydroxyl groups excluding tert-OH is 1. The van der Waals surface area contributed by atoms with Crippen molar-refractivity contribution in [3.63, 3.8) is 0 Å². The van der Waals surface area contributed by atoms with Gasteiger partial charge in [-0.3, -0.25) is 4.79 Å². The molecule has 0 aliphatic carbocycles. The molecule has 3 rings (SSSR count). The first-order valence-corrected chi connectivity index (χ1v) is 13.1. The number of amides is 1. The molecule has 0 unspecified atom stereocenters. The second-order valence-electron chi connectivity index (χ2n) is 10.6. The lowest BCUT2D eigenvalue weighted by molar-refractivity contribution is -0.118. The quantitative estimate of drug-likeness (QED) is 0.417. The number of likely N-dealkylation sites (N-methyl/N-ethyl adjacent to an activating group) is 1. The van der Waals surface area contributed by atoms with Gasteiger partial charge in [0.25, 0.3) is 5.91 Å². The van der Waals surface area contributed by atoms with Gasteiger partial charge in [0.2, 0.25) is 0 Å². The van der Waals surface area contributed by atoms with E-state index >= 15 is 0 Å². The van der Waals surface area contributed by atoms with Crippen molar-refractivity contribution in [2.75, 3.05) is 39.8 Å². The fraction of sp³-hybridized carbons (Fsp3) is 0.419. The van der Waals surface area contributed by atoms with Crippen molar-refractivity contribution in [1.82, 2.24) is 19.7 Å². The topological polar surface area (TPSA) is 84.5 Å². The lowest BCUT2D eigenvalue weighted by atomic mass is 9.99. The maximum Gasteiger partial charge on any atom is 0.262 e. The van der Waals surface area contributed by atoms with Crippen LogP contribution in [0.1, 0.15) is 39.8 Å². The Morgan fingerprint density at radius 2 is 1.87 bits per heavy atom. The predicted molar refractivity (Wildman–Crippen MR) is 155 cm³/mol. The van der Waals surface area contributed by atoms with Crippen LogP contribution in [0.4, 0.5) is 0 Å². The van der Waals surface area contributed by atoms with Crippen molar-refractivity contribution in [1.29, 1.82) is 5.26 Å². The van der Waals surface area contributed by atoms with Crippen molar-refractivity contribution in [2.24, 2.45) is 7.05 Å². The molecule has 2 N–H and O–H groups in total. The summed E-state index contributed by atoms with van der Waals surface area (Å²) in [5.74, 6) is -0.439. The molecule has 38 heavy (non-hydrogen) atoms. The third kappa shape index (κ3) is 6.63. The summed E-state index contributed by atoms with van der Waals surface area (Å²) >= 11 is 0. The van der Waals surface area contributed by atoms with Gasteiger partial charge in [-0.1, -0.05) is 24.8 Å². The minimum absolute atomic E-state index is 0.0459. The molecule has 1 aliphatic rings. The SMILES string of the molecule is C=c1cc(-c2ccc(/C(C)=C(\C#N)C(=O)NC(C)(C)CCO)n2C)cc/c1=C/C(=C\C)N1CCN(C)CC1. The van der Waals surface area contributed by atoms with Crippen LogP contribution in [0.5, 0.6) is 0 Å². The van der Waals surface area contributed by atoms with Gasteiger partial charge in [0.05, 0.1) is 0 Å². The van der Waals surface area contributed by atoms with Gasteiger partial charge in [0.1, 0.15) is 11.6 Å². The third-order valence-electron chi connectivity index (χ3n) is 7.31. The number of aromatic nitrogens is 1. The van der Waals surface area contributed by atoms with Crippen LogP contribution in [-0.4, -0.2) is 70.8 Å². The molecule has 202 valence electrons. The number of nitrogens with one attached hydrogen (secondary N) is 1. The molecule has 1 aromatic carbocycles. The van der Waals surface area contributed by atoms with E-state index in [0.29, 0.717) is 12.0 Å². The molecule has 1 aromatic heterocycles. The van der Waals surface area contributed by atoms with Crippen molar-refractivity contribution in [2.45, 2.75) is 39.7 Å². The van der Waals surface area contributed by atoms with Gasteiger partial charge in [-0.25, -0.2) is 0 Å². The van der Waals surface area contributed by atoms with E-state index in [-0.39, 0.29) is 12.2 Å². The molecule has 1 saturated heterocycles. The first-order valence-electron chi connectivity index (χ1n) is 13.1. The van der Waals surface area contributed by atoms with Crippen LogP contribution in [0.3, 0.4) is 0 Å². The Hall–Kier alpha value is -3.60. The van der Waals surface area contributed by atoms with Gasteiger partial charge in [0.15, 0.2) is 0 Å². The molecule has 0 bridgehead atoms. The van der Waals surface area contributed by atoms with E-state index in [2.05, 4.69) is 72.1 Å². The number of hydrogen-bond acceptors (Lipinski definition) is 5. The maximum absolute atomic E-state index is 12.9. The van der Waals surface area contributed by atoms with Gasteiger partial charge in [-0.2, -0.15) is 5.26 Å². The molecule has 2 heterocycles. The van der Waals surface area contributed by atoms with Crippen LogP contribution < -0.4 is 15.8 Å². The minimum atomic E-state index is -0.617. The Kier molecular flexibility index (Phi) is 9.37. The molecular weight excluding hydrogens is 474 g/mol. The fourth-order valence-corrected chi connectivity index (χ4v) is 4.81. The monoisotopic (exact) mass is 515 g/mol. The number of hydrogen-bond donors (Lipinski definition) is 2. The lowest BCUT2D eigenvalue weighted by Gasteiger charge is -2.34. The number of aliphatic hydroxyl groups is 1. The molecule has 0 atom stereocenters. The summed E-state index contributed by atoms with van der Waals surface area (Å²) in [5.41, 5.74) is 4.04. The van der Waals surface area contributed by atoms with Crippen LogP contribution in [0.15, 0.2) is 47.7 Å². The zero-order valence-electron chi connectivity index (χ0n) is 23.6. The van der Waals surface area contributed by atoms with Crippen molar-refractivity contribution < 1.29 is 9.90 Å². The smallest absolute Gasteiger partial charge is 0.262 e. The van der Waals surface area contributed by atoms with Gasteiger partial charge in [-0.05, 0) is 87.0 Å². The zero-order chi connectivity index (χ0) is 28.0. The number of rotatable bonds is 8. The van der Waals surface area contributed by atoms with Crippen LogP contribution in [0.2, 0.25) is 0 Å². The average molecular weight is 516 g/mol. The van der Waals surface area contributed by atoms with E-state index in [9.17, 15) is 15.2 Å². The van der Waals surface area contributed by atoms with E-state index in [1.54, 1.807) is 6.92 Å². The summed E-state index contributed by atoms with van der Waals surface area (Å²) in [4.78, 5) is 17.7. The highest BCUT2D eigenvalue weighted by atomic mass is 16.3. The summed E-state index contributed by atoms with van der Waals surface area (Å²) in [6.07, 6.45) is 4.76. The molecule has 2 aromatic rings. The van der Waals surface area contributed by atoms with E-state index in [1.165, 1.54) is 5.70 Å². The Balaban J connectivity index is 1.91. The van der Waals surface area contributed by atoms with Crippen LogP contribution >= 0.6 is 0 Å². The van der Waals surface area contributed by atoms with Gasteiger partial charge >= 0.3 is 0 Å². The number of nitriles is 1. The first-order chi connectivity index (χ1) is 18.0. The van der Waals surface area contributed by atoms with Crippen LogP contribution in [-0.2, 0) is 11.8 Å². The Morgan fingerprint density at radius 3 is 2.45 bits per heavy atom. The molecule has 1 fully saturated rings. The molecule has 7 heteroatoms. The Morgan fingerprint density at radius 1 is 1.18 bits per heavy atom. The summed E-state index contributed by atoms with van der Waals surface area (Å²) in [5, 5.41) is 23.9. The first kappa shape index (κ1) is 29.0. The number of nitrogens with zero attached hydrogens (tertiary/aromatic N) is 4. The van der Waals surface area contributed by atoms with Crippen molar-refractivity contribution in [3.05, 3.63) is 63.8 Å². The van der Waals surface area contributed by atoms with Gasteiger partial charge < -0.3 is 24.8 Å². The molecule has 1 aliphatic heterocycles. The van der Waals surface area contributed by atoms with Crippen LogP contribution in [0.25, 0.3) is 29.5 Å². The zero-order valence-corrected chi connectivity index (χ0v) is 23.6. The normalized spacial score (nSPS) is 16.3. The maximum atomic E-state index is 12.9. The second kappa shape index (κ2) is 12.3. The van der Waals surface area contributed by atoms with E-state index in [4.69, 9.17) is 0 Å². The van der Waals surface area contributed by atoms with Crippen LogP contribution in [0, 0.1) is 11.3 Å². The Bertz CT molecular complexity index is 1380. The molecule has 7 nitrogen and oxygen atoms in total. The molecule has 1 amide bonds. The summed E-state index contributed by atoms with van der Waals surface area (Å²) < 4.78 is 2.00. The van der Waals surface area contributed by atoms with Crippen molar-refractivity contribution >= 4 is 24.1 Å². The highest BCUT2D eigenvalue weighted by molar-refractivity contribution is 6.04.